The molecule has 1 spiro atoms. The molecule has 3 aliphatic rings. The largest absolute Gasteiger partial charge is 0.480 e. The lowest BCUT2D eigenvalue weighted by Gasteiger charge is -2.27. The van der Waals surface area contributed by atoms with Crippen LogP contribution in [0.2, 0.25) is 0 Å². The van der Waals surface area contributed by atoms with Crippen LogP contribution < -0.4 is 5.73 Å². The van der Waals surface area contributed by atoms with Gasteiger partial charge in [0, 0.05) is 6.54 Å². The van der Waals surface area contributed by atoms with Gasteiger partial charge in [0.1, 0.15) is 6.04 Å². The van der Waals surface area contributed by atoms with Gasteiger partial charge in [0.2, 0.25) is 5.91 Å². The summed E-state index contributed by atoms with van der Waals surface area (Å²) in [6.07, 6.45) is 4.64. The van der Waals surface area contributed by atoms with Crippen molar-refractivity contribution < 1.29 is 14.7 Å². The second kappa shape index (κ2) is 3.47. The number of hydrogen-bond acceptors (Lipinski definition) is 3. The lowest BCUT2D eigenvalue weighted by molar-refractivity contribution is -0.149. The van der Waals surface area contributed by atoms with Crippen molar-refractivity contribution >= 4 is 11.9 Å². The minimum Gasteiger partial charge on any atom is -0.480 e. The van der Waals surface area contributed by atoms with Gasteiger partial charge in [-0.2, -0.15) is 0 Å². The first-order chi connectivity index (χ1) is 8.37. The summed E-state index contributed by atoms with van der Waals surface area (Å²) >= 11 is 0. The zero-order valence-electron chi connectivity index (χ0n) is 10.7. The van der Waals surface area contributed by atoms with Crippen molar-refractivity contribution in [1.82, 2.24) is 4.90 Å². The Hall–Kier alpha value is -1.10. The van der Waals surface area contributed by atoms with E-state index in [4.69, 9.17) is 5.73 Å². The Morgan fingerprint density at radius 3 is 2.39 bits per heavy atom. The third-order valence-corrected chi connectivity index (χ3v) is 5.09. The van der Waals surface area contributed by atoms with Crippen molar-refractivity contribution in [3.8, 4) is 0 Å². The van der Waals surface area contributed by atoms with Gasteiger partial charge < -0.3 is 15.7 Å². The van der Waals surface area contributed by atoms with Crippen molar-refractivity contribution in [3.05, 3.63) is 0 Å². The molecule has 2 aliphatic carbocycles. The van der Waals surface area contributed by atoms with Gasteiger partial charge in [0.25, 0.3) is 0 Å². The van der Waals surface area contributed by atoms with Crippen LogP contribution in [0, 0.1) is 10.8 Å². The van der Waals surface area contributed by atoms with Crippen LogP contribution >= 0.6 is 0 Å². The molecule has 1 amide bonds. The number of hydrogen-bond donors (Lipinski definition) is 2. The summed E-state index contributed by atoms with van der Waals surface area (Å²) in [4.78, 5) is 25.2. The molecule has 2 atom stereocenters. The Kier molecular flexibility index (Phi) is 2.31. The molecule has 0 aromatic heterocycles. The predicted molar refractivity (Wildman–Crippen MR) is 64.7 cm³/mol. The number of likely N-dealkylation sites (tertiary alicyclic amines) is 1. The zero-order chi connectivity index (χ0) is 13.1. The van der Waals surface area contributed by atoms with Gasteiger partial charge in [0.05, 0.1) is 6.04 Å². The molecule has 2 saturated carbocycles. The molecular weight excluding hydrogens is 232 g/mol. The highest BCUT2D eigenvalue weighted by Crippen LogP contribution is 2.55. The third-order valence-electron chi connectivity index (χ3n) is 5.09. The first kappa shape index (κ1) is 12.0. The van der Waals surface area contributed by atoms with E-state index in [1.54, 1.807) is 0 Å². The molecular formula is C13H20N2O3. The van der Waals surface area contributed by atoms with Gasteiger partial charge in [-0.1, -0.05) is 6.92 Å². The van der Waals surface area contributed by atoms with Crippen molar-refractivity contribution in [2.75, 3.05) is 6.54 Å². The van der Waals surface area contributed by atoms with Gasteiger partial charge >= 0.3 is 5.97 Å². The van der Waals surface area contributed by atoms with E-state index in [1.807, 2.05) is 6.92 Å². The summed E-state index contributed by atoms with van der Waals surface area (Å²) in [5.74, 6) is -1.05. The Bertz CT molecular complexity index is 412. The fraction of sp³-hybridized carbons (Fsp3) is 0.846. The molecule has 18 heavy (non-hydrogen) atoms. The highest BCUT2D eigenvalue weighted by atomic mass is 16.4. The second-order valence-corrected chi connectivity index (χ2v) is 6.66. The smallest absolute Gasteiger partial charge is 0.326 e. The fourth-order valence-electron chi connectivity index (χ4n) is 3.03. The number of rotatable bonds is 3. The summed E-state index contributed by atoms with van der Waals surface area (Å²) < 4.78 is 0. The molecule has 0 unspecified atom stereocenters. The quantitative estimate of drug-likeness (QED) is 0.769. The summed E-state index contributed by atoms with van der Waals surface area (Å²) in [5, 5.41) is 9.26. The minimum absolute atomic E-state index is 0.0978. The van der Waals surface area contributed by atoms with Crippen LogP contribution in [0.5, 0.6) is 0 Å². The van der Waals surface area contributed by atoms with E-state index in [0.29, 0.717) is 13.0 Å². The molecule has 0 aromatic rings. The van der Waals surface area contributed by atoms with Crippen LogP contribution in [0.4, 0.5) is 0 Å². The Labute approximate surface area is 106 Å². The normalized spacial score (nSPS) is 32.3. The molecule has 3 N–H and O–H groups in total. The van der Waals surface area contributed by atoms with Gasteiger partial charge in [-0.3, -0.25) is 4.79 Å². The lowest BCUT2D eigenvalue weighted by atomic mass is 9.98. The van der Waals surface area contributed by atoms with Crippen LogP contribution in [0.15, 0.2) is 0 Å². The summed E-state index contributed by atoms with van der Waals surface area (Å²) in [7, 11) is 0. The van der Waals surface area contributed by atoms with Crippen molar-refractivity contribution in [2.24, 2.45) is 16.6 Å². The van der Waals surface area contributed by atoms with E-state index in [1.165, 1.54) is 4.90 Å². The number of nitrogens with two attached hydrogens (primary N) is 1. The highest BCUT2D eigenvalue weighted by Gasteiger charge is 2.57. The molecule has 3 rings (SSSR count). The maximum atomic E-state index is 12.4. The third kappa shape index (κ3) is 1.72. The van der Waals surface area contributed by atoms with Gasteiger partial charge in [-0.05, 0) is 42.9 Å². The van der Waals surface area contributed by atoms with Crippen LogP contribution in [0.25, 0.3) is 0 Å². The SMILES string of the molecule is CC1([C@H](N)C(=O)N2CC3(CC3)C[C@H]2C(=O)O)CC1. The first-order valence-corrected chi connectivity index (χ1v) is 6.66. The number of amides is 1. The van der Waals surface area contributed by atoms with E-state index >= 15 is 0 Å². The Morgan fingerprint density at radius 2 is 1.94 bits per heavy atom. The number of aliphatic carboxylic acids is 1. The number of carboxylic acid groups (broad SMARTS) is 1. The highest BCUT2D eigenvalue weighted by molar-refractivity contribution is 5.88. The fourth-order valence-corrected chi connectivity index (χ4v) is 3.03. The monoisotopic (exact) mass is 252 g/mol. The van der Waals surface area contributed by atoms with Crippen molar-refractivity contribution in [2.45, 2.75) is 51.1 Å². The molecule has 1 aliphatic heterocycles. The topological polar surface area (TPSA) is 83.6 Å². The van der Waals surface area contributed by atoms with Crippen LogP contribution in [0.3, 0.4) is 0 Å². The van der Waals surface area contributed by atoms with E-state index in [9.17, 15) is 14.7 Å². The molecule has 5 heteroatoms. The van der Waals surface area contributed by atoms with E-state index in [0.717, 1.165) is 25.7 Å². The molecule has 5 nitrogen and oxygen atoms in total. The van der Waals surface area contributed by atoms with Crippen molar-refractivity contribution in [1.29, 1.82) is 0 Å². The molecule has 3 fully saturated rings. The van der Waals surface area contributed by atoms with Gasteiger partial charge in [-0.15, -0.1) is 0 Å². The van der Waals surface area contributed by atoms with Crippen LogP contribution in [-0.2, 0) is 9.59 Å². The summed E-state index contributed by atoms with van der Waals surface area (Å²) in [5.41, 5.74) is 6.03. The molecule has 1 saturated heterocycles. The molecule has 1 heterocycles. The maximum Gasteiger partial charge on any atom is 0.326 e. The summed E-state index contributed by atoms with van der Waals surface area (Å²) in [6, 6.07) is -1.19. The average molecular weight is 252 g/mol. The molecule has 0 radical (unpaired) electrons. The lowest BCUT2D eigenvalue weighted by Crippen LogP contribution is -2.51. The molecule has 100 valence electrons. The maximum absolute atomic E-state index is 12.4. The van der Waals surface area contributed by atoms with Gasteiger partial charge in [0.15, 0.2) is 0 Å². The number of carbonyl (C=O) groups excluding carboxylic acids is 1. The number of carboxylic acids is 1. The van der Waals surface area contributed by atoms with E-state index in [-0.39, 0.29) is 16.7 Å². The molecule has 0 aromatic carbocycles. The predicted octanol–water partition coefficient (Wildman–Crippen LogP) is 0.579. The Morgan fingerprint density at radius 1 is 1.33 bits per heavy atom. The van der Waals surface area contributed by atoms with Gasteiger partial charge in [-0.25, -0.2) is 4.79 Å². The Balaban J connectivity index is 1.77. The van der Waals surface area contributed by atoms with E-state index < -0.39 is 18.1 Å². The van der Waals surface area contributed by atoms with Crippen molar-refractivity contribution in [3.63, 3.8) is 0 Å². The number of nitrogens with zero attached hydrogens (tertiary/aromatic N) is 1. The minimum atomic E-state index is -0.889. The van der Waals surface area contributed by atoms with E-state index in [2.05, 4.69) is 0 Å². The first-order valence-electron chi connectivity index (χ1n) is 6.66. The molecule has 0 bridgehead atoms. The average Bonchev–Trinajstić information content (AvgIpc) is 3.18. The standard InChI is InChI=1S/C13H20N2O3/c1-12(2-3-12)9(14)10(16)15-7-13(4-5-13)6-8(15)11(17)18/h8-9H,2-7,14H2,1H3,(H,17,18)/t8-,9+/m0/s1. The number of carbonyl (C=O) groups is 2. The summed E-state index contributed by atoms with van der Waals surface area (Å²) in [6.45, 7) is 2.60. The second-order valence-electron chi connectivity index (χ2n) is 6.66. The van der Waals surface area contributed by atoms with Crippen LogP contribution in [0.1, 0.15) is 39.0 Å². The van der Waals surface area contributed by atoms with Crippen LogP contribution in [-0.4, -0.2) is 40.5 Å². The zero-order valence-corrected chi connectivity index (χ0v) is 10.7.